The second-order valence-electron chi connectivity index (χ2n) is 6.08. The summed E-state index contributed by atoms with van der Waals surface area (Å²) in [6, 6.07) is 4.80. The van der Waals surface area contributed by atoms with E-state index in [4.69, 9.17) is 0 Å². The lowest BCUT2D eigenvalue weighted by atomic mass is 10.1. The first-order valence-electron chi connectivity index (χ1n) is 6.72. The van der Waals surface area contributed by atoms with Crippen LogP contribution in [0.5, 0.6) is 0 Å². The number of aromatic nitrogens is 3. The highest BCUT2D eigenvalue weighted by Crippen LogP contribution is 2.11. The van der Waals surface area contributed by atoms with Crippen LogP contribution < -0.4 is 5.32 Å². The molecule has 0 saturated heterocycles. The Labute approximate surface area is 119 Å². The normalized spacial score (nSPS) is 11.8. The minimum atomic E-state index is -0.222. The first kappa shape index (κ1) is 14.7. The summed E-state index contributed by atoms with van der Waals surface area (Å²) < 4.78 is 15.0. The van der Waals surface area contributed by atoms with Crippen molar-refractivity contribution in [3.8, 4) is 0 Å². The number of benzene rings is 1. The molecule has 0 fully saturated rings. The number of halogens is 1. The fourth-order valence-electron chi connectivity index (χ4n) is 1.84. The quantitative estimate of drug-likeness (QED) is 0.933. The standard InChI is InChI=1S/C15H21FN4/c1-11-5-6-13(16)7-12(11)9-20-10-14(18-19-20)8-17-15(2,3)4/h5-7,10,17H,8-9H2,1-4H3. The Hall–Kier alpha value is -1.75. The third kappa shape index (κ3) is 4.13. The zero-order chi connectivity index (χ0) is 14.8. The minimum Gasteiger partial charge on any atom is -0.306 e. The van der Waals surface area contributed by atoms with Crippen molar-refractivity contribution in [2.75, 3.05) is 0 Å². The summed E-state index contributed by atoms with van der Waals surface area (Å²) in [6.07, 6.45) is 1.89. The maximum atomic E-state index is 13.3. The zero-order valence-corrected chi connectivity index (χ0v) is 12.4. The second kappa shape index (κ2) is 5.71. The van der Waals surface area contributed by atoms with Gasteiger partial charge in [-0.2, -0.15) is 0 Å². The summed E-state index contributed by atoms with van der Waals surface area (Å²) in [5, 5.41) is 11.6. The van der Waals surface area contributed by atoms with Crippen molar-refractivity contribution in [3.63, 3.8) is 0 Å². The van der Waals surface area contributed by atoms with Crippen LogP contribution in [0, 0.1) is 12.7 Å². The van der Waals surface area contributed by atoms with Crippen molar-refractivity contribution < 1.29 is 4.39 Å². The van der Waals surface area contributed by atoms with E-state index in [1.165, 1.54) is 6.07 Å². The van der Waals surface area contributed by atoms with Gasteiger partial charge in [0.1, 0.15) is 5.82 Å². The Balaban J connectivity index is 2.04. The van der Waals surface area contributed by atoms with Crippen molar-refractivity contribution in [3.05, 3.63) is 47.0 Å². The van der Waals surface area contributed by atoms with Gasteiger partial charge in [-0.25, -0.2) is 9.07 Å². The Morgan fingerprint density at radius 1 is 1.30 bits per heavy atom. The predicted octanol–water partition coefficient (Wildman–Crippen LogP) is 2.66. The van der Waals surface area contributed by atoms with Gasteiger partial charge in [0.25, 0.3) is 0 Å². The molecule has 2 rings (SSSR count). The summed E-state index contributed by atoms with van der Waals surface area (Å²) in [6.45, 7) is 9.49. The largest absolute Gasteiger partial charge is 0.306 e. The summed E-state index contributed by atoms with van der Waals surface area (Å²) in [5.74, 6) is -0.222. The fourth-order valence-corrected chi connectivity index (χ4v) is 1.84. The molecular formula is C15H21FN4. The van der Waals surface area contributed by atoms with E-state index in [0.29, 0.717) is 13.1 Å². The van der Waals surface area contributed by atoms with Crippen LogP contribution in [0.4, 0.5) is 4.39 Å². The highest BCUT2D eigenvalue weighted by Gasteiger charge is 2.10. The number of hydrogen-bond acceptors (Lipinski definition) is 3. The summed E-state index contributed by atoms with van der Waals surface area (Å²) in [4.78, 5) is 0. The molecule has 1 aromatic carbocycles. The summed E-state index contributed by atoms with van der Waals surface area (Å²) in [7, 11) is 0. The number of aryl methyl sites for hydroxylation is 1. The van der Waals surface area contributed by atoms with Crippen LogP contribution in [0.3, 0.4) is 0 Å². The third-order valence-electron chi connectivity index (χ3n) is 3.03. The molecule has 5 heteroatoms. The minimum absolute atomic E-state index is 0.0446. The fraction of sp³-hybridized carbons (Fsp3) is 0.467. The van der Waals surface area contributed by atoms with Gasteiger partial charge < -0.3 is 5.32 Å². The van der Waals surface area contributed by atoms with E-state index in [0.717, 1.165) is 16.8 Å². The van der Waals surface area contributed by atoms with E-state index in [9.17, 15) is 4.39 Å². The lowest BCUT2D eigenvalue weighted by Crippen LogP contribution is -2.35. The lowest BCUT2D eigenvalue weighted by molar-refractivity contribution is 0.421. The molecule has 1 aromatic heterocycles. The van der Waals surface area contributed by atoms with Crippen molar-refractivity contribution in [2.24, 2.45) is 0 Å². The van der Waals surface area contributed by atoms with Crippen LogP contribution in [-0.4, -0.2) is 20.5 Å². The van der Waals surface area contributed by atoms with Crippen LogP contribution in [-0.2, 0) is 13.1 Å². The van der Waals surface area contributed by atoms with Crippen LogP contribution in [0.15, 0.2) is 24.4 Å². The van der Waals surface area contributed by atoms with Gasteiger partial charge in [-0.05, 0) is 51.0 Å². The van der Waals surface area contributed by atoms with Gasteiger partial charge in [-0.3, -0.25) is 0 Å². The Kier molecular flexibility index (Phi) is 4.18. The van der Waals surface area contributed by atoms with Crippen LogP contribution in [0.1, 0.15) is 37.6 Å². The maximum absolute atomic E-state index is 13.3. The first-order chi connectivity index (χ1) is 9.33. The number of rotatable bonds is 4. The molecule has 0 radical (unpaired) electrons. The van der Waals surface area contributed by atoms with E-state index in [-0.39, 0.29) is 11.4 Å². The molecule has 0 aliphatic heterocycles. The Bertz CT molecular complexity index is 584. The van der Waals surface area contributed by atoms with E-state index in [2.05, 4.69) is 36.4 Å². The van der Waals surface area contributed by atoms with Gasteiger partial charge in [0.2, 0.25) is 0 Å². The average molecular weight is 276 g/mol. The molecule has 20 heavy (non-hydrogen) atoms. The van der Waals surface area contributed by atoms with Crippen molar-refractivity contribution in [1.82, 2.24) is 20.3 Å². The Morgan fingerprint density at radius 2 is 2.05 bits per heavy atom. The molecule has 0 bridgehead atoms. The van der Waals surface area contributed by atoms with E-state index in [1.54, 1.807) is 16.8 Å². The molecule has 4 nitrogen and oxygen atoms in total. The third-order valence-corrected chi connectivity index (χ3v) is 3.03. The molecule has 0 spiro atoms. The predicted molar refractivity (Wildman–Crippen MR) is 76.9 cm³/mol. The van der Waals surface area contributed by atoms with E-state index < -0.39 is 0 Å². The van der Waals surface area contributed by atoms with Crippen LogP contribution in [0.2, 0.25) is 0 Å². The second-order valence-corrected chi connectivity index (χ2v) is 6.08. The van der Waals surface area contributed by atoms with E-state index in [1.807, 2.05) is 13.1 Å². The smallest absolute Gasteiger partial charge is 0.123 e. The lowest BCUT2D eigenvalue weighted by Gasteiger charge is -2.19. The van der Waals surface area contributed by atoms with Gasteiger partial charge in [-0.1, -0.05) is 11.3 Å². The highest BCUT2D eigenvalue weighted by molar-refractivity contribution is 5.26. The van der Waals surface area contributed by atoms with Crippen LogP contribution in [0.25, 0.3) is 0 Å². The molecule has 1 N–H and O–H groups in total. The van der Waals surface area contributed by atoms with Gasteiger partial charge in [0.15, 0.2) is 0 Å². The summed E-state index contributed by atoms with van der Waals surface area (Å²) in [5.41, 5.74) is 2.90. The number of hydrogen-bond donors (Lipinski definition) is 1. The first-order valence-corrected chi connectivity index (χ1v) is 6.72. The van der Waals surface area contributed by atoms with Gasteiger partial charge in [0, 0.05) is 12.1 Å². The molecule has 0 saturated carbocycles. The van der Waals surface area contributed by atoms with Crippen molar-refractivity contribution >= 4 is 0 Å². The topological polar surface area (TPSA) is 42.7 Å². The molecule has 0 aliphatic rings. The SMILES string of the molecule is Cc1ccc(F)cc1Cn1cc(CNC(C)(C)C)nn1. The highest BCUT2D eigenvalue weighted by atomic mass is 19.1. The molecule has 0 aliphatic carbocycles. The van der Waals surface area contributed by atoms with Gasteiger partial charge in [-0.15, -0.1) is 5.10 Å². The summed E-state index contributed by atoms with van der Waals surface area (Å²) >= 11 is 0. The maximum Gasteiger partial charge on any atom is 0.123 e. The molecule has 0 unspecified atom stereocenters. The molecular weight excluding hydrogens is 255 g/mol. The zero-order valence-electron chi connectivity index (χ0n) is 12.4. The molecule has 108 valence electrons. The monoisotopic (exact) mass is 276 g/mol. The number of nitrogens with zero attached hydrogens (tertiary/aromatic N) is 3. The molecule has 0 amide bonds. The number of nitrogens with one attached hydrogen (secondary N) is 1. The van der Waals surface area contributed by atoms with Crippen molar-refractivity contribution in [1.29, 1.82) is 0 Å². The molecule has 1 heterocycles. The van der Waals surface area contributed by atoms with Gasteiger partial charge in [0.05, 0.1) is 18.4 Å². The Morgan fingerprint density at radius 3 is 2.75 bits per heavy atom. The van der Waals surface area contributed by atoms with Crippen molar-refractivity contribution in [2.45, 2.75) is 46.3 Å². The van der Waals surface area contributed by atoms with Gasteiger partial charge >= 0.3 is 0 Å². The van der Waals surface area contributed by atoms with E-state index >= 15 is 0 Å². The van der Waals surface area contributed by atoms with Crippen LogP contribution >= 0.6 is 0 Å². The molecule has 2 aromatic rings. The molecule has 0 atom stereocenters. The average Bonchev–Trinajstić information content (AvgIpc) is 2.78.